The van der Waals surface area contributed by atoms with Gasteiger partial charge in [-0.1, -0.05) is 0 Å². The lowest BCUT2D eigenvalue weighted by Gasteiger charge is -2.04. The first-order valence-corrected chi connectivity index (χ1v) is 4.87. The number of carbonyl (C=O) groups is 1. The molecule has 0 aliphatic carbocycles. The van der Waals surface area contributed by atoms with Crippen LogP contribution >= 0.6 is 0 Å². The summed E-state index contributed by atoms with van der Waals surface area (Å²) in [5.41, 5.74) is -0.780. The van der Waals surface area contributed by atoms with Crippen molar-refractivity contribution >= 4 is 11.7 Å². The fourth-order valence-electron chi connectivity index (χ4n) is 1.44. The van der Waals surface area contributed by atoms with Crippen LogP contribution in [0.5, 0.6) is 0 Å². The number of hydrogen-bond acceptors (Lipinski definition) is 6. The summed E-state index contributed by atoms with van der Waals surface area (Å²) < 4.78 is 1.06. The van der Waals surface area contributed by atoms with Gasteiger partial charge in [0.25, 0.3) is 0 Å². The number of hydrogen-bond donors (Lipinski definition) is 1. The van der Waals surface area contributed by atoms with Crippen molar-refractivity contribution in [3.8, 4) is 11.9 Å². The van der Waals surface area contributed by atoms with Crippen molar-refractivity contribution in [3.05, 3.63) is 46.2 Å². The van der Waals surface area contributed by atoms with Crippen LogP contribution < -0.4 is 0 Å². The van der Waals surface area contributed by atoms with Crippen LogP contribution in [0.3, 0.4) is 0 Å². The predicted octanol–water partition coefficient (Wildman–Crippen LogP) is 0.745. The Morgan fingerprint density at radius 1 is 1.53 bits per heavy atom. The zero-order chi connectivity index (χ0) is 14.0. The average Bonchev–Trinajstić information content (AvgIpc) is 2.85. The van der Waals surface area contributed by atoms with E-state index in [1.807, 2.05) is 0 Å². The van der Waals surface area contributed by atoms with Gasteiger partial charge < -0.3 is 5.11 Å². The third-order valence-corrected chi connectivity index (χ3v) is 2.24. The van der Waals surface area contributed by atoms with Gasteiger partial charge in [-0.25, -0.2) is 14.8 Å². The molecule has 0 amide bonds. The lowest BCUT2D eigenvalue weighted by atomic mass is 10.3. The monoisotopic (exact) mass is 259 g/mol. The summed E-state index contributed by atoms with van der Waals surface area (Å²) in [4.78, 5) is 28.4. The van der Waals surface area contributed by atoms with E-state index in [0.717, 1.165) is 16.7 Å². The SMILES string of the molecule is N#Cc1nccn1-c1nc(C(=O)O)ccc1[N+](=O)[O-]. The maximum Gasteiger partial charge on any atom is 0.354 e. The van der Waals surface area contributed by atoms with Gasteiger partial charge in [0.2, 0.25) is 11.6 Å². The molecule has 0 aliphatic heterocycles. The number of nitrogens with zero attached hydrogens (tertiary/aromatic N) is 5. The van der Waals surface area contributed by atoms with Crippen molar-refractivity contribution in [3.63, 3.8) is 0 Å². The van der Waals surface area contributed by atoms with Crippen molar-refractivity contribution < 1.29 is 14.8 Å². The highest BCUT2D eigenvalue weighted by molar-refractivity contribution is 5.86. The third-order valence-electron chi connectivity index (χ3n) is 2.24. The smallest absolute Gasteiger partial charge is 0.354 e. The molecule has 19 heavy (non-hydrogen) atoms. The summed E-state index contributed by atoms with van der Waals surface area (Å²) in [5.74, 6) is -1.72. The molecule has 0 atom stereocenters. The fourth-order valence-corrected chi connectivity index (χ4v) is 1.44. The summed E-state index contributed by atoms with van der Waals surface area (Å²) in [6.45, 7) is 0. The molecular weight excluding hydrogens is 254 g/mol. The van der Waals surface area contributed by atoms with Crippen molar-refractivity contribution in [2.24, 2.45) is 0 Å². The van der Waals surface area contributed by atoms with Crippen LogP contribution in [0.1, 0.15) is 16.3 Å². The Morgan fingerprint density at radius 3 is 2.84 bits per heavy atom. The molecule has 2 rings (SSSR count). The predicted molar refractivity (Wildman–Crippen MR) is 59.7 cm³/mol. The van der Waals surface area contributed by atoms with E-state index >= 15 is 0 Å². The second-order valence-corrected chi connectivity index (χ2v) is 3.33. The number of imidazole rings is 1. The number of carboxylic acid groups (broad SMARTS) is 1. The minimum absolute atomic E-state index is 0.127. The van der Waals surface area contributed by atoms with E-state index < -0.39 is 16.6 Å². The third kappa shape index (κ3) is 2.09. The average molecular weight is 259 g/mol. The van der Waals surface area contributed by atoms with Crippen molar-refractivity contribution in [2.45, 2.75) is 0 Å². The number of carboxylic acids is 1. The normalized spacial score (nSPS) is 9.84. The number of aromatic nitrogens is 3. The minimum Gasteiger partial charge on any atom is -0.477 e. The van der Waals surface area contributed by atoms with Crippen LogP contribution in [0.15, 0.2) is 24.5 Å². The topological polar surface area (TPSA) is 135 Å². The van der Waals surface area contributed by atoms with Gasteiger partial charge in [-0.15, -0.1) is 0 Å². The number of rotatable bonds is 3. The van der Waals surface area contributed by atoms with E-state index in [-0.39, 0.29) is 17.3 Å². The van der Waals surface area contributed by atoms with Crippen molar-refractivity contribution in [1.29, 1.82) is 5.26 Å². The standard InChI is InChI=1S/C10H5N5O4/c11-5-8-12-3-4-14(8)9-7(15(18)19)2-1-6(13-9)10(16)17/h1-4H,(H,16,17). The lowest BCUT2D eigenvalue weighted by Crippen LogP contribution is -2.09. The zero-order valence-electron chi connectivity index (χ0n) is 9.22. The molecule has 0 spiro atoms. The van der Waals surface area contributed by atoms with Gasteiger partial charge >= 0.3 is 11.7 Å². The van der Waals surface area contributed by atoms with Crippen LogP contribution in [0.2, 0.25) is 0 Å². The van der Waals surface area contributed by atoms with Gasteiger partial charge in [-0.3, -0.25) is 14.7 Å². The number of nitro groups is 1. The molecule has 0 aliphatic rings. The van der Waals surface area contributed by atoms with Gasteiger partial charge in [0.05, 0.1) is 4.92 Å². The quantitative estimate of drug-likeness (QED) is 0.634. The second-order valence-electron chi connectivity index (χ2n) is 3.33. The van der Waals surface area contributed by atoms with Crippen LogP contribution in [-0.4, -0.2) is 30.5 Å². The van der Waals surface area contributed by atoms with Gasteiger partial charge in [-0.2, -0.15) is 5.26 Å². The molecule has 0 fully saturated rings. The van der Waals surface area contributed by atoms with E-state index in [9.17, 15) is 14.9 Å². The summed E-state index contributed by atoms with van der Waals surface area (Å²) in [7, 11) is 0. The molecule has 9 heteroatoms. The van der Waals surface area contributed by atoms with Gasteiger partial charge in [0, 0.05) is 18.5 Å². The Bertz CT molecular complexity index is 715. The van der Waals surface area contributed by atoms with Crippen LogP contribution in [0, 0.1) is 21.4 Å². The first kappa shape index (κ1) is 12.2. The highest BCUT2D eigenvalue weighted by atomic mass is 16.6. The van der Waals surface area contributed by atoms with E-state index in [0.29, 0.717) is 0 Å². The van der Waals surface area contributed by atoms with E-state index in [4.69, 9.17) is 10.4 Å². The first-order valence-electron chi connectivity index (χ1n) is 4.87. The maximum absolute atomic E-state index is 10.9. The minimum atomic E-state index is -1.32. The summed E-state index contributed by atoms with van der Waals surface area (Å²) in [5, 5.41) is 28.6. The van der Waals surface area contributed by atoms with Gasteiger partial charge in [0.1, 0.15) is 6.07 Å². The Balaban J connectivity index is 2.72. The Hall–Kier alpha value is -3.28. The molecule has 2 heterocycles. The molecular formula is C10H5N5O4. The Labute approximate surface area is 105 Å². The van der Waals surface area contributed by atoms with Crippen molar-refractivity contribution in [1.82, 2.24) is 14.5 Å². The molecule has 2 aromatic heterocycles. The van der Waals surface area contributed by atoms with Crippen LogP contribution in [-0.2, 0) is 0 Å². The van der Waals surface area contributed by atoms with Crippen molar-refractivity contribution in [2.75, 3.05) is 0 Å². The highest BCUT2D eigenvalue weighted by Crippen LogP contribution is 2.22. The molecule has 0 unspecified atom stereocenters. The highest BCUT2D eigenvalue weighted by Gasteiger charge is 2.21. The fraction of sp³-hybridized carbons (Fsp3) is 0. The molecule has 0 aromatic carbocycles. The maximum atomic E-state index is 10.9. The molecule has 1 N–H and O–H groups in total. The van der Waals surface area contributed by atoms with E-state index in [2.05, 4.69) is 9.97 Å². The molecule has 94 valence electrons. The summed E-state index contributed by atoms with van der Waals surface area (Å²) >= 11 is 0. The largest absolute Gasteiger partial charge is 0.477 e. The molecule has 9 nitrogen and oxygen atoms in total. The molecule has 0 bridgehead atoms. The number of nitriles is 1. The zero-order valence-corrected chi connectivity index (χ0v) is 9.22. The Morgan fingerprint density at radius 2 is 2.26 bits per heavy atom. The van der Waals surface area contributed by atoms with Crippen LogP contribution in [0.4, 0.5) is 5.69 Å². The van der Waals surface area contributed by atoms with Gasteiger partial charge in [-0.05, 0) is 6.07 Å². The van der Waals surface area contributed by atoms with Crippen LogP contribution in [0.25, 0.3) is 5.82 Å². The summed E-state index contributed by atoms with van der Waals surface area (Å²) in [6, 6.07) is 3.77. The molecule has 0 radical (unpaired) electrons. The van der Waals surface area contributed by atoms with Gasteiger partial charge in [0.15, 0.2) is 5.69 Å². The Kier molecular flexibility index (Phi) is 2.91. The molecule has 0 saturated carbocycles. The first-order chi connectivity index (χ1) is 9.04. The van der Waals surface area contributed by atoms with E-state index in [1.165, 1.54) is 12.4 Å². The molecule has 2 aromatic rings. The number of aromatic carboxylic acids is 1. The summed E-state index contributed by atoms with van der Waals surface area (Å²) in [6.07, 6.45) is 2.55. The van der Waals surface area contributed by atoms with E-state index in [1.54, 1.807) is 6.07 Å². The second kappa shape index (κ2) is 4.53. The number of pyridine rings is 1. The molecule has 0 saturated heterocycles. The lowest BCUT2D eigenvalue weighted by molar-refractivity contribution is -0.384.